The lowest BCUT2D eigenvalue weighted by atomic mass is 10.1. The van der Waals surface area contributed by atoms with Gasteiger partial charge in [0.1, 0.15) is 5.75 Å². The van der Waals surface area contributed by atoms with E-state index in [2.05, 4.69) is 9.64 Å². The number of piperidine rings is 1. The molecule has 1 N–H and O–H groups in total. The molecule has 1 aromatic rings. The molecule has 1 fully saturated rings. The summed E-state index contributed by atoms with van der Waals surface area (Å²) in [6.07, 6.45) is 1.34. The molecule has 0 unspecified atom stereocenters. The SMILES string of the molecule is OC1CCN(Cc2cccc(OC(F)F)c2)CC1. The summed E-state index contributed by atoms with van der Waals surface area (Å²) < 4.78 is 28.6. The van der Waals surface area contributed by atoms with Gasteiger partial charge in [-0.3, -0.25) is 4.90 Å². The molecule has 0 atom stereocenters. The molecule has 0 radical (unpaired) electrons. The second kappa shape index (κ2) is 6.11. The van der Waals surface area contributed by atoms with Crippen LogP contribution in [0.2, 0.25) is 0 Å². The first-order chi connectivity index (χ1) is 8.63. The average molecular weight is 257 g/mol. The van der Waals surface area contributed by atoms with E-state index in [1.54, 1.807) is 12.1 Å². The molecule has 0 saturated carbocycles. The van der Waals surface area contributed by atoms with E-state index in [4.69, 9.17) is 0 Å². The summed E-state index contributed by atoms with van der Waals surface area (Å²) in [4.78, 5) is 2.20. The third-order valence-corrected chi connectivity index (χ3v) is 3.09. The lowest BCUT2D eigenvalue weighted by Gasteiger charge is -2.29. The van der Waals surface area contributed by atoms with Gasteiger partial charge >= 0.3 is 6.61 Å². The molecule has 0 aromatic heterocycles. The summed E-state index contributed by atoms with van der Waals surface area (Å²) in [6, 6.07) is 6.77. The van der Waals surface area contributed by atoms with Crippen LogP contribution in [-0.2, 0) is 6.54 Å². The van der Waals surface area contributed by atoms with Crippen molar-refractivity contribution in [2.24, 2.45) is 0 Å². The second-order valence-corrected chi connectivity index (χ2v) is 4.53. The fraction of sp³-hybridized carbons (Fsp3) is 0.538. The van der Waals surface area contributed by atoms with Gasteiger partial charge in [0.2, 0.25) is 0 Å². The largest absolute Gasteiger partial charge is 0.435 e. The second-order valence-electron chi connectivity index (χ2n) is 4.53. The molecule has 1 aliphatic rings. The number of aliphatic hydroxyl groups is 1. The molecule has 3 nitrogen and oxygen atoms in total. The molecule has 2 rings (SSSR count). The average Bonchev–Trinajstić information content (AvgIpc) is 2.32. The third-order valence-electron chi connectivity index (χ3n) is 3.09. The quantitative estimate of drug-likeness (QED) is 0.898. The van der Waals surface area contributed by atoms with Gasteiger partial charge in [-0.05, 0) is 30.5 Å². The van der Waals surface area contributed by atoms with Gasteiger partial charge in [-0.1, -0.05) is 12.1 Å². The van der Waals surface area contributed by atoms with E-state index >= 15 is 0 Å². The lowest BCUT2D eigenvalue weighted by Crippen LogP contribution is -2.35. The Kier molecular flexibility index (Phi) is 4.49. The van der Waals surface area contributed by atoms with Crippen molar-refractivity contribution in [1.82, 2.24) is 4.90 Å². The summed E-state index contributed by atoms with van der Waals surface area (Å²) in [7, 11) is 0. The Labute approximate surface area is 105 Å². The summed E-state index contributed by atoms with van der Waals surface area (Å²) in [5.74, 6) is 0.194. The normalized spacial score (nSPS) is 18.2. The van der Waals surface area contributed by atoms with E-state index in [1.165, 1.54) is 6.07 Å². The molecule has 1 aromatic carbocycles. The molecule has 100 valence electrons. The monoisotopic (exact) mass is 257 g/mol. The Hall–Kier alpha value is -1.20. The molecule has 0 aliphatic carbocycles. The number of ether oxygens (including phenoxy) is 1. The van der Waals surface area contributed by atoms with Gasteiger partial charge in [0.25, 0.3) is 0 Å². The molecule has 0 bridgehead atoms. The molecule has 1 aliphatic heterocycles. The van der Waals surface area contributed by atoms with Crippen molar-refractivity contribution in [2.45, 2.75) is 32.1 Å². The first-order valence-corrected chi connectivity index (χ1v) is 6.07. The van der Waals surface area contributed by atoms with Crippen LogP contribution in [0.15, 0.2) is 24.3 Å². The van der Waals surface area contributed by atoms with Crippen LogP contribution in [0, 0.1) is 0 Å². The third kappa shape index (κ3) is 3.92. The van der Waals surface area contributed by atoms with Crippen LogP contribution >= 0.6 is 0 Å². The van der Waals surface area contributed by atoms with E-state index in [0.717, 1.165) is 31.5 Å². The number of nitrogens with zero attached hydrogens (tertiary/aromatic N) is 1. The first-order valence-electron chi connectivity index (χ1n) is 6.07. The maximum atomic E-state index is 12.1. The predicted octanol–water partition coefficient (Wildman–Crippen LogP) is 2.24. The van der Waals surface area contributed by atoms with Crippen molar-refractivity contribution in [3.63, 3.8) is 0 Å². The van der Waals surface area contributed by atoms with Gasteiger partial charge in [0.15, 0.2) is 0 Å². The number of rotatable bonds is 4. The van der Waals surface area contributed by atoms with Crippen LogP contribution in [0.4, 0.5) is 8.78 Å². The number of alkyl halides is 2. The first kappa shape index (κ1) is 13.2. The maximum absolute atomic E-state index is 12.1. The van der Waals surface area contributed by atoms with Crippen LogP contribution in [0.25, 0.3) is 0 Å². The van der Waals surface area contributed by atoms with Crippen LogP contribution in [-0.4, -0.2) is 35.8 Å². The van der Waals surface area contributed by atoms with Crippen LogP contribution in [0.3, 0.4) is 0 Å². The highest BCUT2D eigenvalue weighted by molar-refractivity contribution is 5.28. The number of benzene rings is 1. The fourth-order valence-corrected chi connectivity index (χ4v) is 2.16. The number of aliphatic hydroxyl groups excluding tert-OH is 1. The van der Waals surface area contributed by atoms with Crippen molar-refractivity contribution < 1.29 is 18.6 Å². The van der Waals surface area contributed by atoms with E-state index in [9.17, 15) is 13.9 Å². The molecule has 0 amide bonds. The van der Waals surface area contributed by atoms with Crippen molar-refractivity contribution >= 4 is 0 Å². The van der Waals surface area contributed by atoms with Gasteiger partial charge in [-0.15, -0.1) is 0 Å². The fourth-order valence-electron chi connectivity index (χ4n) is 2.16. The van der Waals surface area contributed by atoms with Crippen molar-refractivity contribution in [3.05, 3.63) is 29.8 Å². The van der Waals surface area contributed by atoms with E-state index in [0.29, 0.717) is 6.54 Å². The summed E-state index contributed by atoms with van der Waals surface area (Å²) in [5.41, 5.74) is 0.949. The molecular weight excluding hydrogens is 240 g/mol. The van der Waals surface area contributed by atoms with Crippen LogP contribution < -0.4 is 4.74 Å². The summed E-state index contributed by atoms with van der Waals surface area (Å²) in [6.45, 7) is -0.416. The van der Waals surface area contributed by atoms with Crippen LogP contribution in [0.5, 0.6) is 5.75 Å². The standard InChI is InChI=1S/C13H17F2NO2/c14-13(15)18-12-3-1-2-10(8-12)9-16-6-4-11(17)5-7-16/h1-3,8,11,13,17H,4-7,9H2. The highest BCUT2D eigenvalue weighted by Crippen LogP contribution is 2.19. The topological polar surface area (TPSA) is 32.7 Å². The highest BCUT2D eigenvalue weighted by Gasteiger charge is 2.17. The number of hydrogen-bond acceptors (Lipinski definition) is 3. The smallest absolute Gasteiger partial charge is 0.387 e. The van der Waals surface area contributed by atoms with Crippen molar-refractivity contribution in [2.75, 3.05) is 13.1 Å². The molecule has 1 heterocycles. The Bertz CT molecular complexity index is 379. The minimum absolute atomic E-state index is 0.194. The Balaban J connectivity index is 1.92. The number of hydrogen-bond donors (Lipinski definition) is 1. The Morgan fingerprint density at radius 2 is 2.06 bits per heavy atom. The molecule has 1 saturated heterocycles. The zero-order valence-electron chi connectivity index (χ0n) is 10.1. The number of likely N-dealkylation sites (tertiary alicyclic amines) is 1. The number of halogens is 2. The van der Waals surface area contributed by atoms with Gasteiger partial charge in [-0.25, -0.2) is 0 Å². The molecule has 18 heavy (non-hydrogen) atoms. The predicted molar refractivity (Wildman–Crippen MR) is 63.6 cm³/mol. The summed E-state index contributed by atoms with van der Waals surface area (Å²) >= 11 is 0. The zero-order valence-corrected chi connectivity index (χ0v) is 10.1. The Morgan fingerprint density at radius 3 is 2.72 bits per heavy atom. The van der Waals surface area contributed by atoms with Gasteiger partial charge in [0.05, 0.1) is 6.10 Å². The van der Waals surface area contributed by atoms with Crippen molar-refractivity contribution in [1.29, 1.82) is 0 Å². The minimum atomic E-state index is -2.79. The van der Waals surface area contributed by atoms with Gasteiger partial charge in [0, 0.05) is 19.6 Å². The zero-order chi connectivity index (χ0) is 13.0. The highest BCUT2D eigenvalue weighted by atomic mass is 19.3. The maximum Gasteiger partial charge on any atom is 0.387 e. The molecule has 0 spiro atoms. The van der Waals surface area contributed by atoms with Crippen LogP contribution in [0.1, 0.15) is 18.4 Å². The van der Waals surface area contributed by atoms with E-state index < -0.39 is 6.61 Å². The molecular formula is C13H17F2NO2. The Morgan fingerprint density at radius 1 is 1.33 bits per heavy atom. The van der Waals surface area contributed by atoms with E-state index in [-0.39, 0.29) is 11.9 Å². The molecule has 5 heteroatoms. The van der Waals surface area contributed by atoms with Crippen molar-refractivity contribution in [3.8, 4) is 5.75 Å². The minimum Gasteiger partial charge on any atom is -0.435 e. The van der Waals surface area contributed by atoms with Gasteiger partial charge < -0.3 is 9.84 Å². The van der Waals surface area contributed by atoms with Gasteiger partial charge in [-0.2, -0.15) is 8.78 Å². The summed E-state index contributed by atoms with van der Waals surface area (Å²) in [5, 5.41) is 9.41. The van der Waals surface area contributed by atoms with E-state index in [1.807, 2.05) is 6.07 Å². The lowest BCUT2D eigenvalue weighted by molar-refractivity contribution is -0.0499.